The summed E-state index contributed by atoms with van der Waals surface area (Å²) in [4.78, 5) is 27.4. The first-order chi connectivity index (χ1) is 15.7. The van der Waals surface area contributed by atoms with Crippen molar-refractivity contribution in [3.63, 3.8) is 0 Å². The highest BCUT2D eigenvalue weighted by Crippen LogP contribution is 2.25. The molecule has 0 spiro atoms. The monoisotopic (exact) mass is 494 g/mol. The quantitative estimate of drug-likeness (QED) is 0.399. The summed E-state index contributed by atoms with van der Waals surface area (Å²) < 4.78 is 6.30. The first-order valence-corrected chi connectivity index (χ1v) is 11.2. The van der Waals surface area contributed by atoms with Crippen LogP contribution < -0.4 is 10.6 Å². The molecule has 1 amide bonds. The van der Waals surface area contributed by atoms with Gasteiger partial charge in [0, 0.05) is 35.1 Å². The van der Waals surface area contributed by atoms with Gasteiger partial charge in [0.2, 0.25) is 0 Å². The van der Waals surface area contributed by atoms with Crippen LogP contribution >= 0.6 is 15.9 Å². The second-order valence-corrected chi connectivity index (χ2v) is 8.17. The van der Waals surface area contributed by atoms with E-state index in [1.807, 2.05) is 24.3 Å². The molecule has 1 saturated heterocycles. The van der Waals surface area contributed by atoms with Crippen molar-refractivity contribution in [2.24, 2.45) is 0 Å². The number of anilines is 3. The minimum atomic E-state index is -0.387. The van der Waals surface area contributed by atoms with Crippen LogP contribution in [-0.2, 0) is 9.53 Å². The van der Waals surface area contributed by atoms with E-state index in [1.165, 1.54) is 6.33 Å². The van der Waals surface area contributed by atoms with Gasteiger partial charge in [0.05, 0.1) is 24.9 Å². The van der Waals surface area contributed by atoms with Gasteiger partial charge in [0.1, 0.15) is 18.0 Å². The number of fused-ring (bicyclic) bond motifs is 1. The molecule has 1 aliphatic heterocycles. The topological polar surface area (TPSA) is 92.3 Å². The van der Waals surface area contributed by atoms with E-state index >= 15 is 0 Å². The molecule has 3 heterocycles. The summed E-state index contributed by atoms with van der Waals surface area (Å²) in [5.41, 5.74) is 1.55. The zero-order chi connectivity index (χ0) is 22.2. The number of aromatic nitrogens is 3. The number of ether oxygens (including phenoxy) is 1. The molecular formula is C23H23BrN6O2. The van der Waals surface area contributed by atoms with E-state index in [1.54, 1.807) is 12.3 Å². The predicted molar refractivity (Wildman–Crippen MR) is 128 cm³/mol. The van der Waals surface area contributed by atoms with Gasteiger partial charge in [-0.05, 0) is 43.2 Å². The van der Waals surface area contributed by atoms with Gasteiger partial charge < -0.3 is 10.1 Å². The lowest BCUT2D eigenvalue weighted by Gasteiger charge is -2.26. The fraction of sp³-hybridized carbons (Fsp3) is 0.304. The zero-order valence-corrected chi connectivity index (χ0v) is 19.1. The SMILES string of the molecule is O=C(C#CCCCN1CCOCC1)Nc1cc2c(Nc3cccc(Br)c3)ncnc2cn1. The predicted octanol–water partition coefficient (Wildman–Crippen LogP) is 3.59. The third kappa shape index (κ3) is 6.23. The fourth-order valence-corrected chi connectivity index (χ4v) is 3.74. The number of nitrogens with zero attached hydrogens (tertiary/aromatic N) is 4. The van der Waals surface area contributed by atoms with E-state index in [0.717, 1.165) is 54.8 Å². The summed E-state index contributed by atoms with van der Waals surface area (Å²) in [6, 6.07) is 9.52. The number of carbonyl (C=O) groups excluding carboxylic acids is 1. The molecule has 1 fully saturated rings. The number of pyridine rings is 1. The molecule has 0 saturated carbocycles. The summed E-state index contributed by atoms with van der Waals surface area (Å²) in [5.74, 6) is 6.22. The van der Waals surface area contributed by atoms with Crippen molar-refractivity contribution in [2.75, 3.05) is 43.5 Å². The molecule has 8 nitrogen and oxygen atoms in total. The van der Waals surface area contributed by atoms with Crippen molar-refractivity contribution < 1.29 is 9.53 Å². The Labute approximate surface area is 194 Å². The van der Waals surface area contributed by atoms with Gasteiger partial charge in [0.25, 0.3) is 0 Å². The third-order valence-corrected chi connectivity index (χ3v) is 5.43. The normalized spacial score (nSPS) is 13.9. The molecular weight excluding hydrogens is 472 g/mol. The van der Waals surface area contributed by atoms with Crippen LogP contribution in [0, 0.1) is 11.8 Å². The molecule has 0 aliphatic carbocycles. The van der Waals surface area contributed by atoms with Crippen LogP contribution in [0.5, 0.6) is 0 Å². The summed E-state index contributed by atoms with van der Waals surface area (Å²) in [5, 5.41) is 6.76. The Bertz CT molecular complexity index is 1150. The van der Waals surface area contributed by atoms with Crippen LogP contribution in [0.3, 0.4) is 0 Å². The Balaban J connectivity index is 1.37. The van der Waals surface area contributed by atoms with Crippen LogP contribution in [0.2, 0.25) is 0 Å². The molecule has 4 rings (SSSR count). The summed E-state index contributed by atoms with van der Waals surface area (Å²) in [7, 11) is 0. The Morgan fingerprint density at radius 1 is 1.19 bits per heavy atom. The highest BCUT2D eigenvalue weighted by Gasteiger charge is 2.09. The number of halogens is 1. The lowest BCUT2D eigenvalue weighted by molar-refractivity contribution is -0.111. The maximum atomic E-state index is 12.2. The van der Waals surface area contributed by atoms with Crippen molar-refractivity contribution >= 4 is 50.1 Å². The smallest absolute Gasteiger partial charge is 0.301 e. The molecule has 0 bridgehead atoms. The molecule has 0 unspecified atom stereocenters. The van der Waals surface area contributed by atoms with Gasteiger partial charge in [-0.3, -0.25) is 15.0 Å². The van der Waals surface area contributed by atoms with Crippen molar-refractivity contribution in [3.05, 3.63) is 47.3 Å². The second kappa shape index (κ2) is 11.0. The largest absolute Gasteiger partial charge is 0.379 e. The van der Waals surface area contributed by atoms with Crippen molar-refractivity contribution in [1.29, 1.82) is 0 Å². The number of unbranched alkanes of at least 4 members (excludes halogenated alkanes) is 1. The van der Waals surface area contributed by atoms with Gasteiger partial charge >= 0.3 is 5.91 Å². The van der Waals surface area contributed by atoms with Crippen LogP contribution in [0.1, 0.15) is 12.8 Å². The molecule has 0 radical (unpaired) electrons. The number of benzene rings is 1. The zero-order valence-electron chi connectivity index (χ0n) is 17.5. The Morgan fingerprint density at radius 3 is 2.91 bits per heavy atom. The molecule has 164 valence electrons. The lowest BCUT2D eigenvalue weighted by atomic mass is 10.2. The molecule has 1 aliphatic rings. The summed E-state index contributed by atoms with van der Waals surface area (Å²) in [6.07, 6.45) is 4.68. The van der Waals surface area contributed by atoms with Gasteiger partial charge in [0.15, 0.2) is 0 Å². The van der Waals surface area contributed by atoms with E-state index in [4.69, 9.17) is 4.74 Å². The van der Waals surface area contributed by atoms with Crippen LogP contribution in [0.4, 0.5) is 17.3 Å². The Kier molecular flexibility index (Phi) is 7.61. The Morgan fingerprint density at radius 2 is 2.06 bits per heavy atom. The number of rotatable bonds is 6. The number of hydrogen-bond donors (Lipinski definition) is 2. The van der Waals surface area contributed by atoms with E-state index in [0.29, 0.717) is 23.6 Å². The van der Waals surface area contributed by atoms with Crippen molar-refractivity contribution in [3.8, 4) is 11.8 Å². The van der Waals surface area contributed by atoms with Crippen LogP contribution in [0.25, 0.3) is 10.9 Å². The van der Waals surface area contributed by atoms with Gasteiger partial charge in [-0.1, -0.05) is 27.9 Å². The minimum absolute atomic E-state index is 0.387. The summed E-state index contributed by atoms with van der Waals surface area (Å²) in [6.45, 7) is 4.48. The summed E-state index contributed by atoms with van der Waals surface area (Å²) >= 11 is 3.46. The average molecular weight is 495 g/mol. The number of nitrogens with one attached hydrogen (secondary N) is 2. The number of morpholine rings is 1. The first-order valence-electron chi connectivity index (χ1n) is 10.4. The van der Waals surface area contributed by atoms with E-state index < -0.39 is 0 Å². The molecule has 3 aromatic rings. The van der Waals surface area contributed by atoms with Crippen molar-refractivity contribution in [1.82, 2.24) is 19.9 Å². The number of carbonyl (C=O) groups is 1. The Hall–Kier alpha value is -3.06. The van der Waals surface area contributed by atoms with E-state index in [2.05, 4.69) is 58.3 Å². The molecule has 1 aromatic carbocycles. The first kappa shape index (κ1) is 22.1. The minimum Gasteiger partial charge on any atom is -0.379 e. The highest BCUT2D eigenvalue weighted by molar-refractivity contribution is 9.10. The molecule has 0 atom stereocenters. The molecule has 2 aromatic heterocycles. The maximum Gasteiger partial charge on any atom is 0.301 e. The van der Waals surface area contributed by atoms with Gasteiger partial charge in [-0.2, -0.15) is 0 Å². The maximum absolute atomic E-state index is 12.2. The molecule has 2 N–H and O–H groups in total. The van der Waals surface area contributed by atoms with Crippen molar-refractivity contribution in [2.45, 2.75) is 12.8 Å². The van der Waals surface area contributed by atoms with E-state index in [9.17, 15) is 4.79 Å². The molecule has 9 heteroatoms. The highest BCUT2D eigenvalue weighted by atomic mass is 79.9. The van der Waals surface area contributed by atoms with E-state index in [-0.39, 0.29) is 5.91 Å². The fourth-order valence-electron chi connectivity index (χ4n) is 3.34. The second-order valence-electron chi connectivity index (χ2n) is 7.26. The standard InChI is InChI=1S/C23H23BrN6O2/c24-17-5-4-6-18(13-17)28-23-19-14-21(25-15-20(19)26-16-27-23)29-22(31)7-2-1-3-8-30-9-11-32-12-10-30/h4-6,13-16H,1,3,8-12H2,(H,25,29,31)(H,26,27,28). The lowest BCUT2D eigenvalue weighted by Crippen LogP contribution is -2.36. The third-order valence-electron chi connectivity index (χ3n) is 4.93. The number of amides is 1. The van der Waals surface area contributed by atoms with Gasteiger partial charge in [-0.25, -0.2) is 15.0 Å². The van der Waals surface area contributed by atoms with Crippen LogP contribution in [-0.4, -0.2) is 58.6 Å². The number of hydrogen-bond acceptors (Lipinski definition) is 7. The van der Waals surface area contributed by atoms with Gasteiger partial charge in [-0.15, -0.1) is 0 Å². The van der Waals surface area contributed by atoms with Crippen LogP contribution in [0.15, 0.2) is 47.3 Å². The average Bonchev–Trinajstić information content (AvgIpc) is 2.80. The molecule has 32 heavy (non-hydrogen) atoms.